The van der Waals surface area contributed by atoms with E-state index in [0.29, 0.717) is 6.54 Å². The summed E-state index contributed by atoms with van der Waals surface area (Å²) < 4.78 is 0. The Kier molecular flexibility index (Phi) is 4.07. The third kappa shape index (κ3) is 2.37. The fourth-order valence-corrected chi connectivity index (χ4v) is 0.754. The number of hydrogen-bond acceptors (Lipinski definition) is 2. The highest BCUT2D eigenvalue weighted by molar-refractivity contribution is 5.85. The summed E-state index contributed by atoms with van der Waals surface area (Å²) in [6, 6.07) is 0. The molecule has 1 aromatic heterocycles. The Morgan fingerprint density at radius 2 is 2.40 bits per heavy atom. The molecule has 10 heavy (non-hydrogen) atoms. The quantitative estimate of drug-likeness (QED) is 0.669. The Balaban J connectivity index is 0.000000810. The summed E-state index contributed by atoms with van der Waals surface area (Å²) in [5.41, 5.74) is 6.44. The van der Waals surface area contributed by atoms with Crippen LogP contribution in [0, 0.1) is 6.92 Å². The van der Waals surface area contributed by atoms with Gasteiger partial charge in [-0.3, -0.25) is 0 Å². The molecule has 0 saturated heterocycles. The van der Waals surface area contributed by atoms with E-state index in [1.54, 1.807) is 0 Å². The van der Waals surface area contributed by atoms with Crippen molar-refractivity contribution in [3.05, 3.63) is 17.7 Å². The zero-order valence-electron chi connectivity index (χ0n) is 5.92. The second kappa shape index (κ2) is 4.30. The smallest absolute Gasteiger partial charge is 0.103 e. The molecule has 1 aromatic rings. The van der Waals surface area contributed by atoms with Crippen molar-refractivity contribution in [1.82, 2.24) is 9.97 Å². The molecule has 1 heterocycles. The number of aromatic amines is 1. The Morgan fingerprint density at radius 1 is 1.70 bits per heavy atom. The number of aryl methyl sites for hydroxylation is 1. The first kappa shape index (κ1) is 9.46. The van der Waals surface area contributed by atoms with E-state index in [1.165, 1.54) is 0 Å². The van der Waals surface area contributed by atoms with Gasteiger partial charge < -0.3 is 10.7 Å². The molecule has 3 nitrogen and oxygen atoms in total. The predicted molar refractivity (Wildman–Crippen MR) is 43.3 cm³/mol. The average molecular weight is 162 g/mol. The van der Waals surface area contributed by atoms with Gasteiger partial charge in [-0.25, -0.2) is 4.98 Å². The van der Waals surface area contributed by atoms with E-state index in [4.69, 9.17) is 5.73 Å². The second-order valence-corrected chi connectivity index (χ2v) is 2.03. The maximum Gasteiger partial charge on any atom is 0.103 e. The van der Waals surface area contributed by atoms with Crippen LogP contribution in [0.5, 0.6) is 0 Å². The molecular weight excluding hydrogens is 150 g/mol. The molecular formula is C6H12ClN3. The van der Waals surface area contributed by atoms with Crippen molar-refractivity contribution in [3.8, 4) is 0 Å². The molecule has 3 N–H and O–H groups in total. The summed E-state index contributed by atoms with van der Waals surface area (Å²) >= 11 is 0. The van der Waals surface area contributed by atoms with Crippen LogP contribution in [-0.4, -0.2) is 16.5 Å². The third-order valence-electron chi connectivity index (χ3n) is 1.17. The topological polar surface area (TPSA) is 54.7 Å². The van der Waals surface area contributed by atoms with Crippen LogP contribution in [0.3, 0.4) is 0 Å². The van der Waals surface area contributed by atoms with Crippen LogP contribution in [0.1, 0.15) is 11.5 Å². The van der Waals surface area contributed by atoms with E-state index in [1.807, 2.05) is 13.1 Å². The van der Waals surface area contributed by atoms with Crippen molar-refractivity contribution < 1.29 is 0 Å². The van der Waals surface area contributed by atoms with E-state index in [9.17, 15) is 0 Å². The highest BCUT2D eigenvalue weighted by Gasteiger charge is 1.92. The molecule has 0 aromatic carbocycles. The zero-order valence-corrected chi connectivity index (χ0v) is 6.74. The third-order valence-corrected chi connectivity index (χ3v) is 1.17. The van der Waals surface area contributed by atoms with Gasteiger partial charge in [-0.15, -0.1) is 12.4 Å². The summed E-state index contributed by atoms with van der Waals surface area (Å²) in [6.07, 6.45) is 2.71. The minimum Gasteiger partial charge on any atom is -0.346 e. The van der Waals surface area contributed by atoms with Gasteiger partial charge in [0.1, 0.15) is 5.82 Å². The van der Waals surface area contributed by atoms with Crippen molar-refractivity contribution >= 4 is 12.4 Å². The molecule has 0 spiro atoms. The number of hydrogen-bond donors (Lipinski definition) is 2. The summed E-state index contributed by atoms with van der Waals surface area (Å²) in [5.74, 6) is 0.957. The standard InChI is InChI=1S/C6H11N3.ClH/c1-5-8-4-6(9-5)2-3-7;/h4H,2-3,7H2,1H3,(H,8,9);1H. The average Bonchev–Trinajstić information content (AvgIpc) is 2.17. The van der Waals surface area contributed by atoms with Gasteiger partial charge in [-0.2, -0.15) is 0 Å². The van der Waals surface area contributed by atoms with Gasteiger partial charge in [0.05, 0.1) is 0 Å². The molecule has 0 aliphatic carbocycles. The van der Waals surface area contributed by atoms with Crippen LogP contribution in [0.4, 0.5) is 0 Å². The van der Waals surface area contributed by atoms with Gasteiger partial charge in [0.25, 0.3) is 0 Å². The van der Waals surface area contributed by atoms with Crippen LogP contribution in [0.25, 0.3) is 0 Å². The lowest BCUT2D eigenvalue weighted by molar-refractivity contribution is 0.929. The van der Waals surface area contributed by atoms with Gasteiger partial charge in [-0.1, -0.05) is 0 Å². The van der Waals surface area contributed by atoms with Gasteiger partial charge in [0.15, 0.2) is 0 Å². The van der Waals surface area contributed by atoms with Crippen LogP contribution < -0.4 is 5.73 Å². The SMILES string of the molecule is Cc1ncc(CCN)[nH]1.Cl. The molecule has 1 rings (SSSR count). The van der Waals surface area contributed by atoms with Gasteiger partial charge in [0.2, 0.25) is 0 Å². The number of rotatable bonds is 2. The van der Waals surface area contributed by atoms with Gasteiger partial charge in [0, 0.05) is 18.3 Å². The van der Waals surface area contributed by atoms with E-state index in [-0.39, 0.29) is 12.4 Å². The number of nitrogens with one attached hydrogen (secondary N) is 1. The van der Waals surface area contributed by atoms with Crippen LogP contribution in [-0.2, 0) is 6.42 Å². The lowest BCUT2D eigenvalue weighted by Crippen LogP contribution is -2.02. The Bertz CT molecular complexity index is 185. The van der Waals surface area contributed by atoms with Crippen molar-refractivity contribution in [2.45, 2.75) is 13.3 Å². The Hall–Kier alpha value is -0.540. The summed E-state index contributed by atoms with van der Waals surface area (Å²) in [7, 11) is 0. The lowest BCUT2D eigenvalue weighted by atomic mass is 10.3. The lowest BCUT2D eigenvalue weighted by Gasteiger charge is -1.87. The summed E-state index contributed by atoms with van der Waals surface area (Å²) in [4.78, 5) is 7.11. The van der Waals surface area contributed by atoms with Crippen LogP contribution >= 0.6 is 12.4 Å². The molecule has 0 fully saturated rings. The van der Waals surface area contributed by atoms with E-state index >= 15 is 0 Å². The number of aromatic nitrogens is 2. The number of halogens is 1. The molecule has 0 unspecified atom stereocenters. The number of nitrogens with zero attached hydrogens (tertiary/aromatic N) is 1. The van der Waals surface area contributed by atoms with E-state index in [2.05, 4.69) is 9.97 Å². The van der Waals surface area contributed by atoms with Gasteiger partial charge >= 0.3 is 0 Å². The minimum absolute atomic E-state index is 0. The van der Waals surface area contributed by atoms with Crippen molar-refractivity contribution in [2.75, 3.05) is 6.54 Å². The molecule has 58 valence electrons. The summed E-state index contributed by atoms with van der Waals surface area (Å²) in [6.45, 7) is 2.61. The normalized spacial score (nSPS) is 9.00. The fraction of sp³-hybridized carbons (Fsp3) is 0.500. The monoisotopic (exact) mass is 161 g/mol. The van der Waals surface area contributed by atoms with Crippen molar-refractivity contribution in [3.63, 3.8) is 0 Å². The maximum absolute atomic E-state index is 5.32. The maximum atomic E-state index is 5.32. The van der Waals surface area contributed by atoms with E-state index < -0.39 is 0 Å². The first-order valence-corrected chi connectivity index (χ1v) is 3.03. The van der Waals surface area contributed by atoms with Crippen molar-refractivity contribution in [1.29, 1.82) is 0 Å². The van der Waals surface area contributed by atoms with Crippen molar-refractivity contribution in [2.24, 2.45) is 5.73 Å². The first-order valence-electron chi connectivity index (χ1n) is 3.03. The highest BCUT2D eigenvalue weighted by atomic mass is 35.5. The van der Waals surface area contributed by atoms with Crippen LogP contribution in [0.15, 0.2) is 6.20 Å². The number of imidazole rings is 1. The molecule has 4 heteroatoms. The summed E-state index contributed by atoms with van der Waals surface area (Å²) in [5, 5.41) is 0. The fourth-order valence-electron chi connectivity index (χ4n) is 0.754. The van der Waals surface area contributed by atoms with Gasteiger partial charge in [-0.05, 0) is 13.5 Å². The molecule has 0 saturated carbocycles. The molecule has 0 radical (unpaired) electrons. The Labute approximate surface area is 66.4 Å². The Morgan fingerprint density at radius 3 is 2.80 bits per heavy atom. The second-order valence-electron chi connectivity index (χ2n) is 2.03. The molecule has 0 amide bonds. The van der Waals surface area contributed by atoms with E-state index in [0.717, 1.165) is 17.9 Å². The zero-order chi connectivity index (χ0) is 6.69. The molecule has 0 bridgehead atoms. The predicted octanol–water partition coefficient (Wildman–Crippen LogP) is 0.641. The molecule has 0 aliphatic heterocycles. The highest BCUT2D eigenvalue weighted by Crippen LogP contribution is 1.94. The molecule has 0 aliphatic rings. The minimum atomic E-state index is 0. The largest absolute Gasteiger partial charge is 0.346 e. The molecule has 0 atom stereocenters. The number of H-pyrrole nitrogens is 1. The first-order chi connectivity index (χ1) is 4.33. The van der Waals surface area contributed by atoms with Crippen LogP contribution in [0.2, 0.25) is 0 Å². The number of nitrogens with two attached hydrogens (primary N) is 1.